The minimum absolute atomic E-state index is 0.0477. The number of halogens is 1. The second-order valence-corrected chi connectivity index (χ2v) is 8.79. The average Bonchev–Trinajstić information content (AvgIpc) is 3.32. The molecule has 0 bridgehead atoms. The Kier molecular flexibility index (Phi) is 8.02. The first kappa shape index (κ1) is 25.1. The molecule has 1 aliphatic rings. The number of ether oxygens (including phenoxy) is 3. The Labute approximate surface area is 208 Å². The first-order chi connectivity index (χ1) is 16.9. The largest absolute Gasteiger partial charge is 0.494 e. The molecule has 35 heavy (non-hydrogen) atoms. The molecule has 1 aromatic heterocycles. The Bertz CT molecular complexity index is 1150. The molecule has 3 aromatic rings. The van der Waals surface area contributed by atoms with Gasteiger partial charge in [0.2, 0.25) is 0 Å². The van der Waals surface area contributed by atoms with Crippen LogP contribution in [0.3, 0.4) is 0 Å². The third-order valence-corrected chi connectivity index (χ3v) is 6.31. The van der Waals surface area contributed by atoms with Gasteiger partial charge in [0.15, 0.2) is 5.69 Å². The Morgan fingerprint density at radius 3 is 2.71 bits per heavy atom. The highest BCUT2D eigenvalue weighted by Crippen LogP contribution is 2.34. The van der Waals surface area contributed by atoms with Crippen LogP contribution in [0.2, 0.25) is 5.02 Å². The molecule has 0 spiro atoms. The van der Waals surface area contributed by atoms with Gasteiger partial charge in [-0.2, -0.15) is 0 Å². The predicted molar refractivity (Wildman–Crippen MR) is 127 cm³/mol. The monoisotopic (exact) mass is 501 g/mol. The molecule has 0 amide bonds. The highest BCUT2D eigenvalue weighted by molar-refractivity contribution is 6.31. The lowest BCUT2D eigenvalue weighted by Crippen LogP contribution is -2.47. The number of aliphatic hydroxyl groups is 2. The van der Waals surface area contributed by atoms with Crippen LogP contribution >= 0.6 is 11.6 Å². The summed E-state index contributed by atoms with van der Waals surface area (Å²) in [6.07, 6.45) is -1.07. The lowest BCUT2D eigenvalue weighted by molar-refractivity contribution is -0.175. The molecule has 186 valence electrons. The van der Waals surface area contributed by atoms with Crippen molar-refractivity contribution in [1.82, 2.24) is 15.0 Å². The fraction of sp³-hybridized carbons (Fsp3) is 0.400. The molecule has 4 atom stereocenters. The third-order valence-electron chi connectivity index (χ3n) is 5.94. The van der Waals surface area contributed by atoms with E-state index in [1.807, 2.05) is 49.4 Å². The molecule has 0 unspecified atom stereocenters. The molecule has 10 heteroatoms. The molecule has 0 aliphatic carbocycles. The zero-order chi connectivity index (χ0) is 24.9. The highest BCUT2D eigenvalue weighted by Gasteiger charge is 2.38. The van der Waals surface area contributed by atoms with Gasteiger partial charge in [-0.15, -0.1) is 5.10 Å². The summed E-state index contributed by atoms with van der Waals surface area (Å²) in [5.41, 5.74) is 2.90. The molecule has 1 fully saturated rings. The van der Waals surface area contributed by atoms with E-state index in [1.54, 1.807) is 0 Å². The first-order valence-electron chi connectivity index (χ1n) is 11.4. The van der Waals surface area contributed by atoms with Crippen molar-refractivity contribution in [2.24, 2.45) is 0 Å². The molecule has 0 saturated carbocycles. The molecule has 2 N–H and O–H groups in total. The van der Waals surface area contributed by atoms with E-state index in [2.05, 4.69) is 15.0 Å². The molecular formula is C25H28ClN3O6. The third kappa shape index (κ3) is 5.99. The zero-order valence-electron chi connectivity index (χ0n) is 19.5. The van der Waals surface area contributed by atoms with Gasteiger partial charge < -0.3 is 24.4 Å². The van der Waals surface area contributed by atoms with E-state index in [4.69, 9.17) is 21.1 Å². The number of hydrogen-bond donors (Lipinski definition) is 2. The Balaban J connectivity index is 1.49. The molecule has 4 rings (SSSR count). The van der Waals surface area contributed by atoms with Crippen molar-refractivity contribution in [2.75, 3.05) is 13.7 Å². The molecule has 2 heterocycles. The second-order valence-electron chi connectivity index (χ2n) is 8.38. The topological polar surface area (TPSA) is 116 Å². The SMILES string of the molecule is CCOc1ccc(Cc2cc([C@H]3C[C@@H](O)[C@H](O)[C@@H](Cn4cc(C(=O)OC)nn4)O3)ccc2Cl)cc1. The van der Waals surface area contributed by atoms with E-state index in [1.165, 1.54) is 18.0 Å². The van der Waals surface area contributed by atoms with E-state index in [-0.39, 0.29) is 18.7 Å². The average molecular weight is 502 g/mol. The van der Waals surface area contributed by atoms with Crippen LogP contribution in [0.25, 0.3) is 0 Å². The summed E-state index contributed by atoms with van der Waals surface area (Å²) in [4.78, 5) is 11.6. The van der Waals surface area contributed by atoms with Gasteiger partial charge in [-0.25, -0.2) is 9.48 Å². The standard InChI is InChI=1S/C25H28ClN3O6/c1-3-34-18-7-4-15(5-8-18)10-17-11-16(6-9-19(17)26)22-12-21(30)24(31)23(35-22)14-29-13-20(27-28-29)25(32)33-2/h4-9,11,13,21-24,30-31H,3,10,12,14H2,1-2H3/t21-,22-,23-,24+/m1/s1. The van der Waals surface area contributed by atoms with Crippen LogP contribution in [0.5, 0.6) is 5.75 Å². The Hall–Kier alpha value is -2.98. The summed E-state index contributed by atoms with van der Waals surface area (Å²) < 4.78 is 17.7. The van der Waals surface area contributed by atoms with Crippen LogP contribution in [-0.4, -0.2) is 63.2 Å². The van der Waals surface area contributed by atoms with Crippen molar-refractivity contribution in [1.29, 1.82) is 0 Å². The van der Waals surface area contributed by atoms with Gasteiger partial charge in [-0.1, -0.05) is 41.1 Å². The van der Waals surface area contributed by atoms with Crippen LogP contribution in [-0.2, 0) is 22.4 Å². The summed E-state index contributed by atoms with van der Waals surface area (Å²) >= 11 is 6.48. The molecular weight excluding hydrogens is 474 g/mol. The lowest BCUT2D eigenvalue weighted by atomic mass is 9.92. The number of carbonyl (C=O) groups excluding carboxylic acids is 1. The molecule has 1 saturated heterocycles. The summed E-state index contributed by atoms with van der Waals surface area (Å²) in [5.74, 6) is 0.205. The van der Waals surface area contributed by atoms with Crippen LogP contribution in [0.1, 0.15) is 46.6 Å². The van der Waals surface area contributed by atoms with Gasteiger partial charge in [-0.05, 0) is 48.2 Å². The van der Waals surface area contributed by atoms with Crippen molar-refractivity contribution in [3.05, 3.63) is 76.1 Å². The van der Waals surface area contributed by atoms with Gasteiger partial charge in [0.1, 0.15) is 18.0 Å². The van der Waals surface area contributed by atoms with E-state index < -0.39 is 30.4 Å². The minimum atomic E-state index is -1.12. The number of nitrogens with zero attached hydrogens (tertiary/aromatic N) is 3. The maximum Gasteiger partial charge on any atom is 0.360 e. The zero-order valence-corrected chi connectivity index (χ0v) is 20.3. The number of carbonyl (C=O) groups is 1. The predicted octanol–water partition coefficient (Wildman–Crippen LogP) is 2.96. The van der Waals surface area contributed by atoms with Gasteiger partial charge >= 0.3 is 5.97 Å². The normalized spacial score (nSPS) is 22.1. The van der Waals surface area contributed by atoms with Gasteiger partial charge in [0.05, 0.1) is 38.7 Å². The fourth-order valence-electron chi connectivity index (χ4n) is 4.11. The molecule has 9 nitrogen and oxygen atoms in total. The summed E-state index contributed by atoms with van der Waals surface area (Å²) in [6, 6.07) is 13.5. The first-order valence-corrected chi connectivity index (χ1v) is 11.8. The van der Waals surface area contributed by atoms with E-state index in [9.17, 15) is 15.0 Å². The highest BCUT2D eigenvalue weighted by atomic mass is 35.5. The fourth-order valence-corrected chi connectivity index (χ4v) is 4.29. The number of esters is 1. The quantitative estimate of drug-likeness (QED) is 0.453. The number of aliphatic hydroxyl groups excluding tert-OH is 2. The summed E-state index contributed by atoms with van der Waals surface area (Å²) in [5, 5.41) is 29.3. The maximum atomic E-state index is 11.6. The lowest BCUT2D eigenvalue weighted by Gasteiger charge is -2.37. The van der Waals surface area contributed by atoms with Gasteiger partial charge in [0.25, 0.3) is 0 Å². The molecule has 0 radical (unpaired) electrons. The van der Waals surface area contributed by atoms with Crippen LogP contribution in [0.15, 0.2) is 48.7 Å². The number of hydrogen-bond acceptors (Lipinski definition) is 8. The Morgan fingerprint density at radius 1 is 1.23 bits per heavy atom. The minimum Gasteiger partial charge on any atom is -0.494 e. The second kappa shape index (κ2) is 11.2. The van der Waals surface area contributed by atoms with E-state index in [0.717, 1.165) is 22.4 Å². The van der Waals surface area contributed by atoms with E-state index in [0.29, 0.717) is 18.1 Å². The van der Waals surface area contributed by atoms with Crippen LogP contribution in [0.4, 0.5) is 0 Å². The van der Waals surface area contributed by atoms with Crippen molar-refractivity contribution < 1.29 is 29.2 Å². The van der Waals surface area contributed by atoms with Crippen LogP contribution < -0.4 is 4.74 Å². The van der Waals surface area contributed by atoms with Crippen molar-refractivity contribution >= 4 is 17.6 Å². The number of aromatic nitrogens is 3. The maximum absolute atomic E-state index is 11.6. The van der Waals surface area contributed by atoms with Crippen molar-refractivity contribution in [3.63, 3.8) is 0 Å². The van der Waals surface area contributed by atoms with Crippen LogP contribution in [0, 0.1) is 0 Å². The number of benzene rings is 2. The molecule has 1 aliphatic heterocycles. The number of methoxy groups -OCH3 is 1. The van der Waals surface area contributed by atoms with E-state index >= 15 is 0 Å². The van der Waals surface area contributed by atoms with Gasteiger partial charge in [0, 0.05) is 11.4 Å². The Morgan fingerprint density at radius 2 is 2.00 bits per heavy atom. The van der Waals surface area contributed by atoms with Crippen molar-refractivity contribution in [2.45, 2.75) is 50.7 Å². The van der Waals surface area contributed by atoms with Crippen molar-refractivity contribution in [3.8, 4) is 5.75 Å². The smallest absolute Gasteiger partial charge is 0.360 e. The number of rotatable bonds is 8. The van der Waals surface area contributed by atoms with Gasteiger partial charge in [-0.3, -0.25) is 0 Å². The molecule has 2 aromatic carbocycles. The summed E-state index contributed by atoms with van der Waals surface area (Å²) in [6.45, 7) is 2.66. The summed E-state index contributed by atoms with van der Waals surface area (Å²) in [7, 11) is 1.26.